The number of carbonyl (C=O) groups excluding carboxylic acids is 1. The van der Waals surface area contributed by atoms with Crippen LogP contribution in [-0.4, -0.2) is 23.5 Å². The second-order valence-corrected chi connectivity index (χ2v) is 5.24. The van der Waals surface area contributed by atoms with Crippen LogP contribution in [0, 0.1) is 5.92 Å². The zero-order valence-corrected chi connectivity index (χ0v) is 12.0. The lowest BCUT2D eigenvalue weighted by molar-refractivity contribution is -0.139. The van der Waals surface area contributed by atoms with Gasteiger partial charge in [0.15, 0.2) is 0 Å². The molecule has 0 aliphatic carbocycles. The summed E-state index contributed by atoms with van der Waals surface area (Å²) in [6, 6.07) is 7.36. The molecular formula is C16H21NO3. The quantitative estimate of drug-likeness (QED) is 0.919. The van der Waals surface area contributed by atoms with Crippen molar-refractivity contribution < 1.29 is 14.7 Å². The summed E-state index contributed by atoms with van der Waals surface area (Å²) in [6.45, 7) is 4.52. The summed E-state index contributed by atoms with van der Waals surface area (Å²) in [4.78, 5) is 25.7. The highest BCUT2D eigenvalue weighted by molar-refractivity contribution is 5.97. The highest BCUT2D eigenvalue weighted by Gasteiger charge is 2.33. The molecule has 1 amide bonds. The lowest BCUT2D eigenvalue weighted by Gasteiger charge is -2.34. The van der Waals surface area contributed by atoms with Crippen LogP contribution in [0.5, 0.6) is 0 Å². The van der Waals surface area contributed by atoms with Crippen molar-refractivity contribution in [3.05, 3.63) is 29.8 Å². The maximum Gasteiger partial charge on any atom is 0.311 e. The molecule has 0 saturated carbocycles. The number of benzene rings is 1. The molecule has 0 bridgehead atoms. The van der Waals surface area contributed by atoms with Gasteiger partial charge >= 0.3 is 5.97 Å². The molecule has 1 aromatic carbocycles. The summed E-state index contributed by atoms with van der Waals surface area (Å²) in [5.74, 6) is -1.18. The summed E-state index contributed by atoms with van der Waals surface area (Å²) in [7, 11) is 0. The van der Waals surface area contributed by atoms with E-state index in [1.807, 2.05) is 38.1 Å². The normalized spacial score (nSPS) is 17.9. The molecule has 0 saturated heterocycles. The van der Waals surface area contributed by atoms with E-state index in [1.165, 1.54) is 0 Å². The topological polar surface area (TPSA) is 57.6 Å². The Bertz CT molecular complexity index is 508. The van der Waals surface area contributed by atoms with E-state index in [0.717, 1.165) is 24.1 Å². The fraction of sp³-hybridized carbons (Fsp3) is 0.500. The number of rotatable bonds is 4. The van der Waals surface area contributed by atoms with Gasteiger partial charge in [-0.1, -0.05) is 32.0 Å². The Kier molecular flexibility index (Phi) is 4.42. The van der Waals surface area contributed by atoms with Gasteiger partial charge in [-0.15, -0.1) is 0 Å². The fourth-order valence-corrected chi connectivity index (χ4v) is 2.91. The predicted molar refractivity (Wildman–Crippen MR) is 77.9 cm³/mol. The van der Waals surface area contributed by atoms with Crippen molar-refractivity contribution in [2.75, 3.05) is 11.4 Å². The van der Waals surface area contributed by atoms with Crippen molar-refractivity contribution in [3.8, 4) is 0 Å². The molecular weight excluding hydrogens is 254 g/mol. The van der Waals surface area contributed by atoms with E-state index < -0.39 is 11.9 Å². The van der Waals surface area contributed by atoms with Crippen molar-refractivity contribution in [2.45, 2.75) is 39.0 Å². The number of hydrogen-bond donors (Lipinski definition) is 1. The Morgan fingerprint density at radius 2 is 1.95 bits per heavy atom. The Labute approximate surface area is 119 Å². The molecule has 0 radical (unpaired) electrons. The van der Waals surface area contributed by atoms with Crippen molar-refractivity contribution in [1.29, 1.82) is 0 Å². The summed E-state index contributed by atoms with van der Waals surface area (Å²) >= 11 is 0. The molecule has 0 spiro atoms. The zero-order chi connectivity index (χ0) is 14.7. The smallest absolute Gasteiger partial charge is 0.311 e. The van der Waals surface area contributed by atoms with Gasteiger partial charge in [-0.2, -0.15) is 0 Å². The van der Waals surface area contributed by atoms with Crippen molar-refractivity contribution >= 4 is 17.6 Å². The molecule has 2 rings (SSSR count). The number of anilines is 1. The van der Waals surface area contributed by atoms with Gasteiger partial charge in [-0.3, -0.25) is 9.59 Å². The number of aliphatic carboxylic acids is 1. The molecule has 1 unspecified atom stereocenters. The van der Waals surface area contributed by atoms with Crippen molar-refractivity contribution in [2.24, 2.45) is 5.92 Å². The van der Waals surface area contributed by atoms with Crippen LogP contribution >= 0.6 is 0 Å². The maximum absolute atomic E-state index is 12.6. The van der Waals surface area contributed by atoms with Crippen LogP contribution < -0.4 is 4.90 Å². The Balaban J connectivity index is 2.36. The average Bonchev–Trinajstić information content (AvgIpc) is 2.47. The Hall–Kier alpha value is -1.84. The summed E-state index contributed by atoms with van der Waals surface area (Å²) in [5.41, 5.74) is 1.52. The van der Waals surface area contributed by atoms with E-state index in [9.17, 15) is 14.7 Å². The molecule has 0 aromatic heterocycles. The molecule has 108 valence electrons. The summed E-state index contributed by atoms with van der Waals surface area (Å²) in [5, 5.41) is 9.31. The summed E-state index contributed by atoms with van der Waals surface area (Å²) < 4.78 is 0. The third kappa shape index (κ3) is 2.55. The molecule has 1 heterocycles. The number of amides is 1. The molecule has 1 aromatic rings. The molecule has 1 aliphatic heterocycles. The van der Waals surface area contributed by atoms with Gasteiger partial charge < -0.3 is 10.0 Å². The second-order valence-electron chi connectivity index (χ2n) is 5.24. The zero-order valence-electron chi connectivity index (χ0n) is 12.0. The van der Waals surface area contributed by atoms with E-state index in [-0.39, 0.29) is 11.8 Å². The van der Waals surface area contributed by atoms with Gasteiger partial charge in [-0.05, 0) is 30.9 Å². The molecule has 20 heavy (non-hydrogen) atoms. The predicted octanol–water partition coefficient (Wildman–Crippen LogP) is 3.03. The third-order valence-electron chi connectivity index (χ3n) is 4.14. The van der Waals surface area contributed by atoms with Gasteiger partial charge in [-0.25, -0.2) is 0 Å². The van der Waals surface area contributed by atoms with Gasteiger partial charge in [0.1, 0.15) is 0 Å². The monoisotopic (exact) mass is 275 g/mol. The first kappa shape index (κ1) is 14.6. The van der Waals surface area contributed by atoms with E-state index >= 15 is 0 Å². The Morgan fingerprint density at radius 3 is 2.55 bits per heavy atom. The largest absolute Gasteiger partial charge is 0.481 e. The molecule has 1 atom stereocenters. The first-order chi connectivity index (χ1) is 9.60. The highest BCUT2D eigenvalue weighted by Crippen LogP contribution is 2.36. The number of fused-ring (bicyclic) bond motifs is 1. The molecule has 1 aliphatic rings. The van der Waals surface area contributed by atoms with Crippen LogP contribution in [-0.2, 0) is 9.59 Å². The van der Waals surface area contributed by atoms with Crippen LogP contribution in [0.1, 0.15) is 44.6 Å². The number of hydrogen-bond acceptors (Lipinski definition) is 2. The maximum atomic E-state index is 12.6. The number of carbonyl (C=O) groups is 2. The van der Waals surface area contributed by atoms with Crippen molar-refractivity contribution in [3.63, 3.8) is 0 Å². The van der Waals surface area contributed by atoms with E-state index in [2.05, 4.69) is 0 Å². The third-order valence-corrected chi connectivity index (χ3v) is 4.14. The van der Waals surface area contributed by atoms with E-state index in [4.69, 9.17) is 0 Å². The number of carboxylic acids is 1. The SMILES string of the molecule is CCC(CC)C(=O)N1CCC(C(=O)O)c2ccccc21. The van der Waals surface area contributed by atoms with Crippen LogP contribution in [0.3, 0.4) is 0 Å². The van der Waals surface area contributed by atoms with Crippen LogP contribution in [0.4, 0.5) is 5.69 Å². The van der Waals surface area contributed by atoms with Crippen LogP contribution in [0.25, 0.3) is 0 Å². The van der Waals surface area contributed by atoms with Gasteiger partial charge in [0.2, 0.25) is 5.91 Å². The second kappa shape index (κ2) is 6.07. The lowest BCUT2D eigenvalue weighted by Crippen LogP contribution is -2.41. The summed E-state index contributed by atoms with van der Waals surface area (Å²) in [6.07, 6.45) is 2.12. The minimum Gasteiger partial charge on any atom is -0.481 e. The van der Waals surface area contributed by atoms with Gasteiger partial charge in [0.25, 0.3) is 0 Å². The average molecular weight is 275 g/mol. The van der Waals surface area contributed by atoms with Crippen LogP contribution in [0.2, 0.25) is 0 Å². The molecule has 1 N–H and O–H groups in total. The van der Waals surface area contributed by atoms with E-state index in [1.54, 1.807) is 4.90 Å². The molecule has 4 heteroatoms. The Morgan fingerprint density at radius 1 is 1.30 bits per heavy atom. The standard InChI is InChI=1S/C16H21NO3/c1-3-11(4-2)15(18)17-10-9-13(16(19)20)12-7-5-6-8-14(12)17/h5-8,11,13H,3-4,9-10H2,1-2H3,(H,19,20). The first-order valence-electron chi connectivity index (χ1n) is 7.23. The molecule has 4 nitrogen and oxygen atoms in total. The minimum absolute atomic E-state index is 0.0180. The molecule has 0 fully saturated rings. The number of carboxylic acid groups (broad SMARTS) is 1. The minimum atomic E-state index is -0.813. The highest BCUT2D eigenvalue weighted by atomic mass is 16.4. The first-order valence-corrected chi connectivity index (χ1v) is 7.23. The lowest BCUT2D eigenvalue weighted by atomic mass is 9.89. The van der Waals surface area contributed by atoms with E-state index in [0.29, 0.717) is 13.0 Å². The van der Waals surface area contributed by atoms with Crippen molar-refractivity contribution in [1.82, 2.24) is 0 Å². The number of para-hydroxylation sites is 1. The van der Waals surface area contributed by atoms with Crippen LogP contribution in [0.15, 0.2) is 24.3 Å². The van der Waals surface area contributed by atoms with Gasteiger partial charge in [0.05, 0.1) is 5.92 Å². The fourth-order valence-electron chi connectivity index (χ4n) is 2.91. The number of nitrogens with zero attached hydrogens (tertiary/aromatic N) is 1. The van der Waals surface area contributed by atoms with Gasteiger partial charge in [0, 0.05) is 18.2 Å².